The SMILES string of the molecule is COc1cccc(/C=C2/N=C(SCC(=O)Nc3ccc4cc[nH]c4c3)N(c3ccccc3)C2=O)c1OC. The summed E-state index contributed by atoms with van der Waals surface area (Å²) in [5.74, 6) is 0.636. The number of anilines is 2. The number of carbonyl (C=O) groups excluding carboxylic acids is 2. The molecule has 1 aliphatic heterocycles. The molecule has 1 aliphatic rings. The van der Waals surface area contributed by atoms with Crippen LogP contribution in [0, 0.1) is 0 Å². The number of nitrogens with zero attached hydrogens (tertiary/aromatic N) is 2. The molecule has 1 aromatic heterocycles. The summed E-state index contributed by atoms with van der Waals surface area (Å²) in [6.45, 7) is 0. The van der Waals surface area contributed by atoms with Crippen molar-refractivity contribution >= 4 is 57.1 Å². The lowest BCUT2D eigenvalue weighted by molar-refractivity contribution is -0.114. The summed E-state index contributed by atoms with van der Waals surface area (Å²) in [6.07, 6.45) is 3.52. The van der Waals surface area contributed by atoms with Gasteiger partial charge in [0.25, 0.3) is 5.91 Å². The number of methoxy groups -OCH3 is 2. The molecular weight excluding hydrogens is 488 g/mol. The summed E-state index contributed by atoms with van der Waals surface area (Å²) in [5, 5.41) is 4.39. The van der Waals surface area contributed by atoms with Crippen molar-refractivity contribution in [1.82, 2.24) is 4.98 Å². The van der Waals surface area contributed by atoms with Crippen LogP contribution < -0.4 is 19.7 Å². The average Bonchev–Trinajstić information content (AvgIpc) is 3.51. The van der Waals surface area contributed by atoms with Gasteiger partial charge < -0.3 is 19.8 Å². The maximum atomic E-state index is 13.5. The predicted molar refractivity (Wildman–Crippen MR) is 148 cm³/mol. The van der Waals surface area contributed by atoms with Gasteiger partial charge in [0.2, 0.25) is 5.91 Å². The first-order valence-electron chi connectivity index (χ1n) is 11.5. The van der Waals surface area contributed by atoms with Crippen LogP contribution in [0.2, 0.25) is 0 Å². The highest BCUT2D eigenvalue weighted by molar-refractivity contribution is 8.14. The smallest absolute Gasteiger partial charge is 0.283 e. The number of amidine groups is 1. The molecule has 0 spiro atoms. The number of hydrogen-bond acceptors (Lipinski definition) is 6. The molecule has 37 heavy (non-hydrogen) atoms. The Morgan fingerprint density at radius 1 is 1.05 bits per heavy atom. The van der Waals surface area contributed by atoms with Crippen LogP contribution in [0.25, 0.3) is 17.0 Å². The Hall–Kier alpha value is -4.50. The first-order chi connectivity index (χ1) is 18.1. The third-order valence-electron chi connectivity index (χ3n) is 5.74. The van der Waals surface area contributed by atoms with Gasteiger partial charge in [-0.1, -0.05) is 48.2 Å². The number of aromatic amines is 1. The number of nitrogens with one attached hydrogen (secondary N) is 2. The van der Waals surface area contributed by atoms with Crippen molar-refractivity contribution < 1.29 is 19.1 Å². The summed E-state index contributed by atoms with van der Waals surface area (Å²) in [4.78, 5) is 35.5. The van der Waals surface area contributed by atoms with E-state index < -0.39 is 0 Å². The first kappa shape index (κ1) is 24.2. The van der Waals surface area contributed by atoms with E-state index in [1.54, 1.807) is 26.4 Å². The second kappa shape index (κ2) is 10.6. The molecule has 0 bridgehead atoms. The maximum absolute atomic E-state index is 13.5. The molecule has 8 nitrogen and oxygen atoms in total. The van der Waals surface area contributed by atoms with E-state index in [9.17, 15) is 9.59 Å². The van der Waals surface area contributed by atoms with Crippen molar-refractivity contribution in [2.45, 2.75) is 0 Å². The largest absolute Gasteiger partial charge is 0.493 e. The van der Waals surface area contributed by atoms with Crippen LogP contribution in [0.3, 0.4) is 0 Å². The molecule has 0 unspecified atom stereocenters. The predicted octanol–water partition coefficient (Wildman–Crippen LogP) is 5.30. The Morgan fingerprint density at radius 2 is 1.89 bits per heavy atom. The number of aliphatic imine (C=N–C) groups is 1. The molecule has 2 amide bonds. The number of carbonyl (C=O) groups is 2. The molecular formula is C28H24N4O4S. The Balaban J connectivity index is 1.40. The number of thioether (sulfide) groups is 1. The fourth-order valence-corrected chi connectivity index (χ4v) is 4.84. The lowest BCUT2D eigenvalue weighted by atomic mass is 10.1. The zero-order chi connectivity index (χ0) is 25.8. The van der Waals surface area contributed by atoms with E-state index in [2.05, 4.69) is 15.3 Å². The van der Waals surface area contributed by atoms with Crippen molar-refractivity contribution in [3.8, 4) is 11.5 Å². The van der Waals surface area contributed by atoms with Crippen molar-refractivity contribution in [2.75, 3.05) is 30.2 Å². The second-order valence-corrected chi connectivity index (χ2v) is 9.04. The molecule has 9 heteroatoms. The molecule has 0 atom stereocenters. The van der Waals surface area contributed by atoms with Gasteiger partial charge in [-0.2, -0.15) is 0 Å². The number of aromatic nitrogens is 1. The summed E-state index contributed by atoms with van der Waals surface area (Å²) >= 11 is 1.19. The highest BCUT2D eigenvalue weighted by atomic mass is 32.2. The Morgan fingerprint density at radius 3 is 2.68 bits per heavy atom. The van der Waals surface area contributed by atoms with Crippen molar-refractivity contribution in [3.63, 3.8) is 0 Å². The van der Waals surface area contributed by atoms with Gasteiger partial charge >= 0.3 is 0 Å². The van der Waals surface area contributed by atoms with Crippen molar-refractivity contribution in [1.29, 1.82) is 0 Å². The van der Waals surface area contributed by atoms with Gasteiger partial charge in [-0.25, -0.2) is 4.99 Å². The molecule has 0 saturated carbocycles. The number of rotatable bonds is 7. The zero-order valence-electron chi connectivity index (χ0n) is 20.2. The number of fused-ring (bicyclic) bond motifs is 1. The fraction of sp³-hybridized carbons (Fsp3) is 0.107. The van der Waals surface area contributed by atoms with Crippen molar-refractivity contribution in [3.05, 3.63) is 90.3 Å². The molecule has 4 aromatic rings. The third-order valence-corrected chi connectivity index (χ3v) is 6.68. The van der Waals surface area contributed by atoms with Crippen LogP contribution in [0.4, 0.5) is 11.4 Å². The van der Waals surface area contributed by atoms with Gasteiger partial charge in [0.15, 0.2) is 16.7 Å². The third kappa shape index (κ3) is 5.07. The van der Waals surface area contributed by atoms with E-state index in [4.69, 9.17) is 9.47 Å². The Kier molecular flexibility index (Phi) is 6.96. The molecule has 3 aromatic carbocycles. The minimum atomic E-state index is -0.295. The fourth-order valence-electron chi connectivity index (χ4n) is 4.02. The van der Waals surface area contributed by atoms with E-state index in [0.717, 1.165) is 10.9 Å². The lowest BCUT2D eigenvalue weighted by Gasteiger charge is -2.17. The van der Waals surface area contributed by atoms with E-state index in [0.29, 0.717) is 33.6 Å². The number of para-hydroxylation sites is 2. The van der Waals surface area contributed by atoms with Crippen LogP contribution in [0.15, 0.2) is 89.7 Å². The van der Waals surface area contributed by atoms with Gasteiger partial charge in [0.1, 0.15) is 5.70 Å². The van der Waals surface area contributed by atoms with Crippen molar-refractivity contribution in [2.24, 2.45) is 4.99 Å². The Labute approximate surface area is 218 Å². The molecule has 0 aliphatic carbocycles. The molecule has 0 fully saturated rings. The topological polar surface area (TPSA) is 96.0 Å². The average molecular weight is 513 g/mol. The summed E-state index contributed by atoms with van der Waals surface area (Å²) in [5.41, 5.74) is 3.18. The number of H-pyrrole nitrogens is 1. The molecule has 186 valence electrons. The monoisotopic (exact) mass is 512 g/mol. The van der Waals surface area contributed by atoms with Gasteiger partial charge in [-0.3, -0.25) is 14.5 Å². The zero-order valence-corrected chi connectivity index (χ0v) is 21.0. The van der Waals surface area contributed by atoms with Gasteiger partial charge in [-0.05, 0) is 47.9 Å². The maximum Gasteiger partial charge on any atom is 0.283 e. The van der Waals surface area contributed by atoms with Crippen LogP contribution >= 0.6 is 11.8 Å². The highest BCUT2D eigenvalue weighted by Crippen LogP contribution is 2.35. The first-order valence-corrected chi connectivity index (χ1v) is 12.5. The Bertz CT molecular complexity index is 1530. The van der Waals surface area contributed by atoms with Gasteiger partial charge in [-0.15, -0.1) is 0 Å². The standard InChI is InChI=1S/C28H24N4O4S/c1-35-24-10-6-7-19(26(24)36-2)15-23-27(34)32(21-8-4-3-5-9-21)28(31-23)37-17-25(33)30-20-12-11-18-13-14-29-22(18)16-20/h3-16,29H,17H2,1-2H3,(H,30,33)/b23-15+. The van der Waals surface area contributed by atoms with E-state index >= 15 is 0 Å². The number of hydrogen-bond donors (Lipinski definition) is 2. The van der Waals surface area contributed by atoms with E-state index in [1.807, 2.05) is 72.9 Å². The van der Waals surface area contributed by atoms with E-state index in [1.165, 1.54) is 16.7 Å². The minimum Gasteiger partial charge on any atom is -0.493 e. The number of benzene rings is 3. The van der Waals surface area contributed by atoms with Gasteiger partial charge in [0.05, 0.1) is 25.7 Å². The van der Waals surface area contributed by atoms with Gasteiger partial charge in [0, 0.05) is 23.0 Å². The minimum absolute atomic E-state index is 0.0774. The normalized spacial score (nSPS) is 14.2. The molecule has 2 N–H and O–H groups in total. The molecule has 0 saturated heterocycles. The van der Waals surface area contributed by atoms with Crippen LogP contribution in [0.1, 0.15) is 5.56 Å². The summed E-state index contributed by atoms with van der Waals surface area (Å²) in [6, 6.07) is 22.3. The molecule has 5 rings (SSSR count). The van der Waals surface area contributed by atoms with Crippen LogP contribution in [-0.2, 0) is 9.59 Å². The van der Waals surface area contributed by atoms with Crippen LogP contribution in [0.5, 0.6) is 11.5 Å². The molecule has 2 heterocycles. The second-order valence-electron chi connectivity index (χ2n) is 8.10. The molecule has 0 radical (unpaired) electrons. The number of ether oxygens (including phenoxy) is 2. The lowest BCUT2D eigenvalue weighted by Crippen LogP contribution is -2.31. The van der Waals surface area contributed by atoms with E-state index in [-0.39, 0.29) is 23.3 Å². The quantitative estimate of drug-likeness (QED) is 0.328. The summed E-state index contributed by atoms with van der Waals surface area (Å²) < 4.78 is 10.9. The van der Waals surface area contributed by atoms with Crippen LogP contribution in [-0.4, -0.2) is 41.9 Å². The highest BCUT2D eigenvalue weighted by Gasteiger charge is 2.32. The number of amides is 2. The summed E-state index contributed by atoms with van der Waals surface area (Å²) in [7, 11) is 3.10.